The number of nitrogens with zero attached hydrogens (tertiary/aromatic N) is 2. The van der Waals surface area contributed by atoms with Crippen LogP contribution in [0.3, 0.4) is 0 Å². The maximum Gasteiger partial charge on any atom is 0.263 e. The Hall–Kier alpha value is -0.920. The summed E-state index contributed by atoms with van der Waals surface area (Å²) < 4.78 is 0. The van der Waals surface area contributed by atoms with E-state index in [0.29, 0.717) is 10.6 Å². The first-order valence-electron chi connectivity index (χ1n) is 6.70. The molecule has 0 spiro atoms. The van der Waals surface area contributed by atoms with E-state index in [-0.39, 0.29) is 5.91 Å². The van der Waals surface area contributed by atoms with Gasteiger partial charge >= 0.3 is 0 Å². The Morgan fingerprint density at radius 3 is 2.75 bits per heavy atom. The quantitative estimate of drug-likeness (QED) is 0.829. The Bertz CT molecular complexity index is 489. The fraction of sp³-hybridized carbons (Fsp3) is 0.615. The Morgan fingerprint density at radius 2 is 2.10 bits per heavy atom. The molecular formula is C13H22N4OS2. The number of carbonyl (C=O) groups excluding carboxylic acids is 1. The standard InChI is InChI=1S/C13H22N4OS2/c1-15-12(18)10-9(14)11(19-3)13(20-10)17-6-4-5-16(2)7-8-17/h4-8,14H2,1-3H3,(H,15,18). The van der Waals surface area contributed by atoms with Crippen LogP contribution in [0.5, 0.6) is 0 Å². The van der Waals surface area contributed by atoms with E-state index in [1.807, 2.05) is 6.26 Å². The third-order valence-corrected chi connectivity index (χ3v) is 5.74. The molecule has 1 aromatic rings. The van der Waals surface area contributed by atoms with Gasteiger partial charge in [-0.3, -0.25) is 4.79 Å². The third kappa shape index (κ3) is 3.05. The first-order valence-corrected chi connectivity index (χ1v) is 8.74. The summed E-state index contributed by atoms with van der Waals surface area (Å²) in [7, 11) is 3.79. The highest BCUT2D eigenvalue weighted by molar-refractivity contribution is 7.99. The van der Waals surface area contributed by atoms with E-state index in [4.69, 9.17) is 5.73 Å². The molecule has 0 saturated carbocycles. The lowest BCUT2D eigenvalue weighted by atomic mass is 10.3. The molecule has 0 unspecified atom stereocenters. The van der Waals surface area contributed by atoms with Gasteiger partial charge in [0.15, 0.2) is 0 Å². The molecule has 0 radical (unpaired) electrons. The minimum Gasteiger partial charge on any atom is -0.396 e. The zero-order valence-electron chi connectivity index (χ0n) is 12.2. The molecule has 0 bridgehead atoms. The van der Waals surface area contributed by atoms with Gasteiger partial charge in [0.25, 0.3) is 5.91 Å². The van der Waals surface area contributed by atoms with Crippen LogP contribution in [0.4, 0.5) is 10.7 Å². The van der Waals surface area contributed by atoms with Gasteiger partial charge in [0, 0.05) is 26.7 Å². The van der Waals surface area contributed by atoms with Gasteiger partial charge in [-0.05, 0) is 26.3 Å². The largest absolute Gasteiger partial charge is 0.396 e. The van der Waals surface area contributed by atoms with E-state index >= 15 is 0 Å². The molecule has 1 aromatic heterocycles. The van der Waals surface area contributed by atoms with Crippen molar-refractivity contribution in [3.63, 3.8) is 0 Å². The first kappa shape index (κ1) is 15.5. The first-order chi connectivity index (χ1) is 9.58. The van der Waals surface area contributed by atoms with Gasteiger partial charge in [-0.15, -0.1) is 23.1 Å². The summed E-state index contributed by atoms with van der Waals surface area (Å²) in [4.78, 5) is 18.3. The number of hydrogen-bond acceptors (Lipinski definition) is 6. The van der Waals surface area contributed by atoms with Crippen molar-refractivity contribution in [2.45, 2.75) is 11.3 Å². The van der Waals surface area contributed by atoms with Gasteiger partial charge in [-0.25, -0.2) is 0 Å². The van der Waals surface area contributed by atoms with Crippen LogP contribution >= 0.6 is 23.1 Å². The third-order valence-electron chi connectivity index (χ3n) is 3.53. The Morgan fingerprint density at radius 1 is 1.35 bits per heavy atom. The van der Waals surface area contributed by atoms with E-state index in [1.54, 1.807) is 18.8 Å². The van der Waals surface area contributed by atoms with Gasteiger partial charge < -0.3 is 20.9 Å². The van der Waals surface area contributed by atoms with E-state index < -0.39 is 0 Å². The lowest BCUT2D eigenvalue weighted by Gasteiger charge is -2.22. The molecule has 20 heavy (non-hydrogen) atoms. The lowest BCUT2D eigenvalue weighted by molar-refractivity contribution is 0.0968. The van der Waals surface area contributed by atoms with Crippen LogP contribution in [0.2, 0.25) is 0 Å². The predicted octanol–water partition coefficient (Wildman–Crippen LogP) is 1.55. The van der Waals surface area contributed by atoms with Crippen LogP contribution in [-0.4, -0.2) is 57.3 Å². The van der Waals surface area contributed by atoms with Crippen molar-refractivity contribution in [3.8, 4) is 0 Å². The molecule has 1 amide bonds. The number of thiophene rings is 1. The summed E-state index contributed by atoms with van der Waals surface area (Å²) in [5.74, 6) is -0.0963. The molecule has 112 valence electrons. The highest BCUT2D eigenvalue weighted by atomic mass is 32.2. The maximum atomic E-state index is 11.9. The molecule has 5 nitrogen and oxygen atoms in total. The average Bonchev–Trinajstić information content (AvgIpc) is 2.62. The Labute approximate surface area is 128 Å². The van der Waals surface area contributed by atoms with Gasteiger partial charge in [-0.1, -0.05) is 0 Å². The smallest absolute Gasteiger partial charge is 0.263 e. The number of rotatable bonds is 3. The van der Waals surface area contributed by atoms with Crippen LogP contribution < -0.4 is 16.0 Å². The van der Waals surface area contributed by atoms with Crippen molar-refractivity contribution in [2.24, 2.45) is 0 Å². The van der Waals surface area contributed by atoms with E-state index in [2.05, 4.69) is 22.2 Å². The summed E-state index contributed by atoms with van der Waals surface area (Å²) >= 11 is 3.13. The molecule has 2 heterocycles. The number of nitrogens with one attached hydrogen (secondary N) is 1. The van der Waals surface area contributed by atoms with Crippen molar-refractivity contribution in [1.82, 2.24) is 10.2 Å². The molecule has 2 rings (SSSR count). The molecule has 7 heteroatoms. The van der Waals surface area contributed by atoms with Crippen molar-refractivity contribution in [1.29, 1.82) is 0 Å². The SMILES string of the molecule is CNC(=O)c1sc(N2CCCN(C)CC2)c(SC)c1N. The molecule has 0 aromatic carbocycles. The van der Waals surface area contributed by atoms with Crippen LogP contribution in [0.15, 0.2) is 4.90 Å². The Balaban J connectivity index is 2.32. The number of nitrogen functional groups attached to an aromatic ring is 1. The average molecular weight is 314 g/mol. The van der Waals surface area contributed by atoms with Crippen LogP contribution in [0.1, 0.15) is 16.1 Å². The zero-order valence-corrected chi connectivity index (χ0v) is 13.9. The van der Waals surface area contributed by atoms with Gasteiger partial charge in [0.2, 0.25) is 0 Å². The minimum atomic E-state index is -0.0963. The van der Waals surface area contributed by atoms with Crippen molar-refractivity contribution in [3.05, 3.63) is 4.88 Å². The number of carbonyl (C=O) groups is 1. The highest BCUT2D eigenvalue weighted by Gasteiger charge is 2.24. The number of nitrogens with two attached hydrogens (primary N) is 1. The summed E-state index contributed by atoms with van der Waals surface area (Å²) in [5, 5.41) is 3.81. The Kier molecular flexibility index (Phi) is 5.17. The van der Waals surface area contributed by atoms with Crippen molar-refractivity contribution in [2.75, 3.05) is 57.2 Å². The van der Waals surface area contributed by atoms with Crippen LogP contribution in [0.25, 0.3) is 0 Å². The molecular weight excluding hydrogens is 292 g/mol. The zero-order chi connectivity index (χ0) is 14.7. The fourth-order valence-electron chi connectivity index (χ4n) is 2.35. The maximum absolute atomic E-state index is 11.9. The second-order valence-corrected chi connectivity index (χ2v) is 6.72. The van der Waals surface area contributed by atoms with Crippen molar-refractivity contribution < 1.29 is 4.79 Å². The summed E-state index contributed by atoms with van der Waals surface area (Å²) in [5.41, 5.74) is 6.78. The summed E-state index contributed by atoms with van der Waals surface area (Å²) in [6.45, 7) is 4.16. The van der Waals surface area contributed by atoms with E-state index in [9.17, 15) is 4.79 Å². The highest BCUT2D eigenvalue weighted by Crippen LogP contribution is 2.43. The molecule has 1 fully saturated rings. The van der Waals surface area contributed by atoms with Gasteiger partial charge in [0.1, 0.15) is 9.88 Å². The van der Waals surface area contributed by atoms with Gasteiger partial charge in [0.05, 0.1) is 10.6 Å². The number of anilines is 2. The van der Waals surface area contributed by atoms with Crippen molar-refractivity contribution >= 4 is 39.7 Å². The monoisotopic (exact) mass is 314 g/mol. The predicted molar refractivity (Wildman–Crippen MR) is 88.2 cm³/mol. The number of likely N-dealkylation sites (N-methyl/N-ethyl adjacent to an activating group) is 1. The number of hydrogen-bond donors (Lipinski definition) is 2. The molecule has 1 aliphatic rings. The summed E-state index contributed by atoms with van der Waals surface area (Å²) in [6.07, 6.45) is 3.15. The van der Waals surface area contributed by atoms with Crippen LogP contribution in [0, 0.1) is 0 Å². The van der Waals surface area contributed by atoms with E-state index in [0.717, 1.165) is 42.5 Å². The molecule has 1 aliphatic heterocycles. The molecule has 0 atom stereocenters. The minimum absolute atomic E-state index is 0.0963. The molecule has 0 aliphatic carbocycles. The van der Waals surface area contributed by atoms with Crippen LogP contribution in [-0.2, 0) is 0 Å². The topological polar surface area (TPSA) is 61.6 Å². The second kappa shape index (κ2) is 6.69. The summed E-state index contributed by atoms with van der Waals surface area (Å²) in [6, 6.07) is 0. The molecule has 3 N–H and O–H groups in total. The number of thioether (sulfide) groups is 1. The van der Waals surface area contributed by atoms with E-state index in [1.165, 1.54) is 11.3 Å². The van der Waals surface area contributed by atoms with Gasteiger partial charge in [-0.2, -0.15) is 0 Å². The number of amides is 1. The lowest BCUT2D eigenvalue weighted by Crippen LogP contribution is -2.28. The second-order valence-electron chi connectivity index (χ2n) is 4.91. The molecule has 1 saturated heterocycles. The fourth-order valence-corrected chi connectivity index (χ4v) is 4.53. The normalized spacial score (nSPS) is 17.1.